The molecule has 6 heteroatoms. The van der Waals surface area contributed by atoms with Gasteiger partial charge in [0.05, 0.1) is 15.7 Å². The van der Waals surface area contributed by atoms with Crippen LogP contribution in [0.2, 0.25) is 10.0 Å². The van der Waals surface area contributed by atoms with E-state index in [9.17, 15) is 4.39 Å². The minimum Gasteiger partial charge on any atom is -0.398 e. The zero-order valence-corrected chi connectivity index (χ0v) is 10.8. The molecule has 0 saturated carbocycles. The molecule has 2 rings (SSSR count). The van der Waals surface area contributed by atoms with Crippen LogP contribution >= 0.6 is 23.2 Å². The molecule has 0 bridgehead atoms. The minimum absolute atomic E-state index is 0.150. The smallest absolute Gasteiger partial charge is 0.132 e. The molecule has 1 aromatic carbocycles. The van der Waals surface area contributed by atoms with E-state index in [2.05, 4.69) is 4.98 Å². The summed E-state index contributed by atoms with van der Waals surface area (Å²) in [7, 11) is 0. The molecule has 0 fully saturated rings. The Hall–Kier alpha value is -1.52. The highest BCUT2D eigenvalue weighted by atomic mass is 35.5. The first-order chi connectivity index (χ1) is 8.54. The SMILES string of the molecule is Nc1cc(N)c(-c2cccc(Cl)c2Cl)c(CF)n1. The van der Waals surface area contributed by atoms with E-state index in [-0.39, 0.29) is 11.5 Å². The lowest BCUT2D eigenvalue weighted by Crippen LogP contribution is -2.02. The highest BCUT2D eigenvalue weighted by molar-refractivity contribution is 6.43. The molecule has 94 valence electrons. The van der Waals surface area contributed by atoms with Crippen molar-refractivity contribution in [3.05, 3.63) is 40.0 Å². The number of benzene rings is 1. The monoisotopic (exact) mass is 285 g/mol. The third-order valence-electron chi connectivity index (χ3n) is 2.49. The van der Waals surface area contributed by atoms with Gasteiger partial charge in [-0.25, -0.2) is 9.37 Å². The van der Waals surface area contributed by atoms with Crippen LogP contribution in [-0.2, 0) is 6.67 Å². The van der Waals surface area contributed by atoms with Crippen molar-refractivity contribution >= 4 is 34.7 Å². The number of aromatic nitrogens is 1. The van der Waals surface area contributed by atoms with Crippen LogP contribution in [0.1, 0.15) is 5.69 Å². The maximum atomic E-state index is 13.0. The van der Waals surface area contributed by atoms with Gasteiger partial charge >= 0.3 is 0 Å². The first-order valence-electron chi connectivity index (χ1n) is 5.09. The van der Waals surface area contributed by atoms with Gasteiger partial charge in [-0.3, -0.25) is 0 Å². The number of nitrogen functional groups attached to an aromatic ring is 2. The Bertz CT molecular complexity index is 602. The molecule has 0 aliphatic carbocycles. The summed E-state index contributed by atoms with van der Waals surface area (Å²) in [5.74, 6) is 0.169. The zero-order chi connectivity index (χ0) is 13.3. The quantitative estimate of drug-likeness (QED) is 0.884. The number of rotatable bonds is 2. The Balaban J connectivity index is 2.74. The number of halogens is 3. The van der Waals surface area contributed by atoms with Crippen molar-refractivity contribution in [2.24, 2.45) is 0 Å². The number of nitrogens with two attached hydrogens (primary N) is 2. The van der Waals surface area contributed by atoms with Gasteiger partial charge in [0, 0.05) is 22.9 Å². The summed E-state index contributed by atoms with van der Waals surface area (Å²) >= 11 is 12.0. The predicted octanol–water partition coefficient (Wildman–Crippen LogP) is 3.69. The summed E-state index contributed by atoms with van der Waals surface area (Å²) in [6, 6.07) is 6.52. The van der Waals surface area contributed by atoms with E-state index in [0.29, 0.717) is 26.9 Å². The van der Waals surface area contributed by atoms with E-state index in [4.69, 9.17) is 34.7 Å². The molecule has 0 atom stereocenters. The Morgan fingerprint density at radius 2 is 1.94 bits per heavy atom. The van der Waals surface area contributed by atoms with Crippen molar-refractivity contribution in [3.8, 4) is 11.1 Å². The van der Waals surface area contributed by atoms with Gasteiger partial charge in [0.25, 0.3) is 0 Å². The summed E-state index contributed by atoms with van der Waals surface area (Å²) in [5.41, 5.74) is 12.8. The summed E-state index contributed by atoms with van der Waals surface area (Å²) in [5, 5.41) is 0.683. The molecule has 0 aliphatic heterocycles. The van der Waals surface area contributed by atoms with Gasteiger partial charge in [-0.1, -0.05) is 35.3 Å². The number of pyridine rings is 1. The van der Waals surface area contributed by atoms with Crippen molar-refractivity contribution in [1.82, 2.24) is 4.98 Å². The number of nitrogens with zero attached hydrogens (tertiary/aromatic N) is 1. The predicted molar refractivity (Wildman–Crippen MR) is 73.3 cm³/mol. The summed E-state index contributed by atoms with van der Waals surface area (Å²) < 4.78 is 13.0. The molecule has 0 aliphatic rings. The first kappa shape index (κ1) is 12.9. The molecule has 0 spiro atoms. The number of hydrogen-bond acceptors (Lipinski definition) is 3. The van der Waals surface area contributed by atoms with E-state index < -0.39 is 6.67 Å². The molecule has 0 saturated heterocycles. The van der Waals surface area contributed by atoms with Gasteiger partial charge in [0.15, 0.2) is 0 Å². The third-order valence-corrected chi connectivity index (χ3v) is 3.31. The number of hydrogen-bond donors (Lipinski definition) is 2. The Labute approximate surface area is 114 Å². The maximum Gasteiger partial charge on any atom is 0.132 e. The summed E-state index contributed by atoms with van der Waals surface area (Å²) in [6.07, 6.45) is 0. The maximum absolute atomic E-state index is 13.0. The molecule has 4 N–H and O–H groups in total. The van der Waals surface area contributed by atoms with Crippen LogP contribution in [0.5, 0.6) is 0 Å². The van der Waals surface area contributed by atoms with Crippen LogP contribution in [0, 0.1) is 0 Å². The van der Waals surface area contributed by atoms with Gasteiger partial charge < -0.3 is 11.5 Å². The molecule has 1 aromatic heterocycles. The second-order valence-electron chi connectivity index (χ2n) is 3.69. The molecule has 3 nitrogen and oxygen atoms in total. The summed E-state index contributed by atoms with van der Waals surface area (Å²) in [4.78, 5) is 3.92. The van der Waals surface area contributed by atoms with Crippen molar-refractivity contribution in [2.45, 2.75) is 6.67 Å². The van der Waals surface area contributed by atoms with Gasteiger partial charge in [-0.15, -0.1) is 0 Å². The van der Waals surface area contributed by atoms with Gasteiger partial charge in [-0.05, 0) is 6.07 Å². The van der Waals surface area contributed by atoms with Crippen LogP contribution < -0.4 is 11.5 Å². The van der Waals surface area contributed by atoms with Gasteiger partial charge in [-0.2, -0.15) is 0 Å². The highest BCUT2D eigenvalue weighted by Gasteiger charge is 2.16. The van der Waals surface area contributed by atoms with Crippen molar-refractivity contribution in [1.29, 1.82) is 0 Å². The van der Waals surface area contributed by atoms with Crippen LogP contribution in [0.3, 0.4) is 0 Å². The Morgan fingerprint density at radius 3 is 2.61 bits per heavy atom. The lowest BCUT2D eigenvalue weighted by atomic mass is 10.0. The molecule has 0 unspecified atom stereocenters. The van der Waals surface area contributed by atoms with Crippen molar-refractivity contribution in [2.75, 3.05) is 11.5 Å². The molecule has 0 radical (unpaired) electrons. The topological polar surface area (TPSA) is 64.9 Å². The minimum atomic E-state index is -0.784. The molecular weight excluding hydrogens is 276 g/mol. The second kappa shape index (κ2) is 5.00. The molecule has 18 heavy (non-hydrogen) atoms. The van der Waals surface area contributed by atoms with Gasteiger partial charge in [0.1, 0.15) is 12.5 Å². The fourth-order valence-electron chi connectivity index (χ4n) is 1.75. The van der Waals surface area contributed by atoms with E-state index in [1.807, 2.05) is 0 Å². The van der Waals surface area contributed by atoms with E-state index in [1.165, 1.54) is 6.07 Å². The van der Waals surface area contributed by atoms with Crippen molar-refractivity contribution < 1.29 is 4.39 Å². The average Bonchev–Trinajstić information content (AvgIpc) is 2.32. The van der Waals surface area contributed by atoms with Crippen LogP contribution in [0.15, 0.2) is 24.3 Å². The standard InChI is InChI=1S/C12H10Cl2FN3/c13-7-3-1-2-6(12(7)14)11-8(16)4-10(17)18-9(11)5-15/h1-4H,5H2,(H4,16,17,18). The Morgan fingerprint density at radius 1 is 1.22 bits per heavy atom. The Kier molecular flexibility index (Phi) is 3.59. The van der Waals surface area contributed by atoms with E-state index in [1.54, 1.807) is 18.2 Å². The molecule has 0 amide bonds. The van der Waals surface area contributed by atoms with E-state index >= 15 is 0 Å². The first-order valence-corrected chi connectivity index (χ1v) is 5.85. The average molecular weight is 286 g/mol. The molecular formula is C12H10Cl2FN3. The molecule has 1 heterocycles. The van der Waals surface area contributed by atoms with Crippen molar-refractivity contribution in [3.63, 3.8) is 0 Å². The van der Waals surface area contributed by atoms with E-state index in [0.717, 1.165) is 0 Å². The highest BCUT2D eigenvalue weighted by Crippen LogP contribution is 2.38. The molecule has 2 aromatic rings. The van der Waals surface area contributed by atoms with Crippen LogP contribution in [0.25, 0.3) is 11.1 Å². The largest absolute Gasteiger partial charge is 0.398 e. The van der Waals surface area contributed by atoms with Crippen LogP contribution in [0.4, 0.5) is 15.9 Å². The summed E-state index contributed by atoms with van der Waals surface area (Å²) in [6.45, 7) is -0.784. The van der Waals surface area contributed by atoms with Gasteiger partial charge in [0.2, 0.25) is 0 Å². The number of alkyl halides is 1. The fourth-order valence-corrected chi connectivity index (χ4v) is 2.14. The fraction of sp³-hybridized carbons (Fsp3) is 0.0833. The lowest BCUT2D eigenvalue weighted by Gasteiger charge is -2.12. The third kappa shape index (κ3) is 2.21. The normalized spacial score (nSPS) is 10.6. The lowest BCUT2D eigenvalue weighted by molar-refractivity contribution is 0.477. The van der Waals surface area contributed by atoms with Crippen LogP contribution in [-0.4, -0.2) is 4.98 Å². The number of anilines is 2. The second-order valence-corrected chi connectivity index (χ2v) is 4.48. The zero-order valence-electron chi connectivity index (χ0n) is 9.25.